The molecule has 0 unspecified atom stereocenters. The van der Waals surface area contributed by atoms with Crippen LogP contribution < -0.4 is 4.74 Å². The summed E-state index contributed by atoms with van der Waals surface area (Å²) in [5, 5.41) is 9.25. The van der Waals surface area contributed by atoms with Crippen molar-refractivity contribution in [1.82, 2.24) is 4.98 Å². The van der Waals surface area contributed by atoms with Gasteiger partial charge in [-0.1, -0.05) is 18.2 Å². The van der Waals surface area contributed by atoms with Crippen LogP contribution in [0.3, 0.4) is 0 Å². The van der Waals surface area contributed by atoms with E-state index in [0.29, 0.717) is 16.9 Å². The third-order valence-corrected chi connectivity index (χ3v) is 5.14. The lowest BCUT2D eigenvalue weighted by molar-refractivity contribution is -0.138. The summed E-state index contributed by atoms with van der Waals surface area (Å²) in [5.41, 5.74) is -0.830. The van der Waals surface area contributed by atoms with Crippen LogP contribution in [0.2, 0.25) is 0 Å². The molecule has 0 saturated carbocycles. The summed E-state index contributed by atoms with van der Waals surface area (Å²) in [7, 11) is 1.48. The summed E-state index contributed by atoms with van der Waals surface area (Å²) in [4.78, 5) is 4.27. The molecule has 148 valence electrons. The van der Waals surface area contributed by atoms with Gasteiger partial charge in [0, 0.05) is 11.3 Å². The first kappa shape index (κ1) is 20.7. The molecule has 0 atom stereocenters. The molecule has 2 aromatic carbocycles. The zero-order chi connectivity index (χ0) is 21.0. The molecule has 3 aromatic rings. The van der Waals surface area contributed by atoms with Crippen LogP contribution in [0.4, 0.5) is 17.6 Å². The van der Waals surface area contributed by atoms with Crippen LogP contribution in [-0.4, -0.2) is 12.1 Å². The topological polar surface area (TPSA) is 45.9 Å². The van der Waals surface area contributed by atoms with Gasteiger partial charge >= 0.3 is 6.18 Å². The summed E-state index contributed by atoms with van der Waals surface area (Å²) in [6, 6.07) is 14.8. The van der Waals surface area contributed by atoms with Crippen molar-refractivity contribution >= 4 is 11.8 Å². The number of nitriles is 1. The van der Waals surface area contributed by atoms with Gasteiger partial charge in [0.1, 0.15) is 22.7 Å². The van der Waals surface area contributed by atoms with Crippen molar-refractivity contribution in [2.45, 2.75) is 17.0 Å². The molecule has 0 saturated heterocycles. The number of hydrogen-bond acceptors (Lipinski definition) is 4. The highest BCUT2D eigenvalue weighted by molar-refractivity contribution is 7.98. The van der Waals surface area contributed by atoms with E-state index in [2.05, 4.69) is 4.98 Å². The molecule has 29 heavy (non-hydrogen) atoms. The molecule has 0 amide bonds. The molecule has 0 fully saturated rings. The largest absolute Gasteiger partial charge is 0.497 e. The maximum Gasteiger partial charge on any atom is 0.417 e. The smallest absolute Gasteiger partial charge is 0.417 e. The van der Waals surface area contributed by atoms with Crippen LogP contribution in [0.1, 0.15) is 16.7 Å². The second-order valence-electron chi connectivity index (χ2n) is 5.95. The first-order valence-corrected chi connectivity index (χ1v) is 9.35. The lowest BCUT2D eigenvalue weighted by Crippen LogP contribution is -2.10. The number of aromatic nitrogens is 1. The fraction of sp³-hybridized carbons (Fsp3) is 0.143. The van der Waals surface area contributed by atoms with Crippen molar-refractivity contribution < 1.29 is 22.3 Å². The van der Waals surface area contributed by atoms with E-state index in [9.17, 15) is 22.8 Å². The minimum atomic E-state index is -4.73. The summed E-state index contributed by atoms with van der Waals surface area (Å²) in [6.45, 7) is 0. The van der Waals surface area contributed by atoms with Gasteiger partial charge < -0.3 is 4.74 Å². The average molecular weight is 418 g/mol. The Morgan fingerprint density at radius 1 is 1.10 bits per heavy atom. The van der Waals surface area contributed by atoms with Crippen molar-refractivity contribution in [1.29, 1.82) is 5.26 Å². The summed E-state index contributed by atoms with van der Waals surface area (Å²) >= 11 is 0.887. The van der Waals surface area contributed by atoms with E-state index in [0.717, 1.165) is 17.8 Å². The van der Waals surface area contributed by atoms with E-state index in [1.54, 1.807) is 36.4 Å². The van der Waals surface area contributed by atoms with E-state index >= 15 is 0 Å². The molecule has 0 radical (unpaired) electrons. The number of nitrogens with zero attached hydrogens (tertiary/aromatic N) is 2. The van der Waals surface area contributed by atoms with Gasteiger partial charge in [-0.3, -0.25) is 0 Å². The molecular formula is C21H14F4N2OS. The zero-order valence-corrected chi connectivity index (χ0v) is 15.9. The average Bonchev–Trinajstić information content (AvgIpc) is 2.72. The molecule has 0 aliphatic carbocycles. The predicted octanol–water partition coefficient (Wildman–Crippen LogP) is 6.08. The van der Waals surface area contributed by atoms with Gasteiger partial charge in [0.2, 0.25) is 0 Å². The molecule has 0 bridgehead atoms. The standard InChI is InChI=1S/C21H14F4N2OS/c1-28-15-8-6-13(7-9-15)19-10-17(21(23,24)25)16(11-26)20(27-19)29-12-14-4-2-3-5-18(14)22/h2-10H,12H2,1H3. The third kappa shape index (κ3) is 4.69. The number of methoxy groups -OCH3 is 1. The second kappa shape index (κ2) is 8.53. The van der Waals surface area contributed by atoms with Gasteiger partial charge in [-0.15, -0.1) is 11.8 Å². The molecular weight excluding hydrogens is 404 g/mol. The number of halogens is 4. The lowest BCUT2D eigenvalue weighted by atomic mass is 10.1. The Morgan fingerprint density at radius 2 is 1.79 bits per heavy atom. The number of benzene rings is 2. The van der Waals surface area contributed by atoms with Crippen LogP contribution in [0, 0.1) is 17.1 Å². The Balaban J connectivity index is 2.07. The van der Waals surface area contributed by atoms with E-state index in [-0.39, 0.29) is 16.5 Å². The Kier molecular flexibility index (Phi) is 6.09. The van der Waals surface area contributed by atoms with Crippen molar-refractivity contribution in [2.24, 2.45) is 0 Å². The molecule has 0 spiro atoms. The van der Waals surface area contributed by atoms with Crippen molar-refractivity contribution in [2.75, 3.05) is 7.11 Å². The fourth-order valence-electron chi connectivity index (χ4n) is 2.63. The first-order valence-electron chi connectivity index (χ1n) is 8.36. The number of hydrogen-bond donors (Lipinski definition) is 0. The molecule has 3 rings (SSSR count). The molecule has 0 aliphatic heterocycles. The highest BCUT2D eigenvalue weighted by atomic mass is 32.2. The van der Waals surface area contributed by atoms with Crippen molar-refractivity contribution in [3.05, 3.63) is 77.1 Å². The van der Waals surface area contributed by atoms with Crippen LogP contribution in [0.15, 0.2) is 59.6 Å². The van der Waals surface area contributed by atoms with Crippen LogP contribution in [-0.2, 0) is 11.9 Å². The van der Waals surface area contributed by atoms with Gasteiger partial charge in [-0.25, -0.2) is 9.37 Å². The van der Waals surface area contributed by atoms with E-state index < -0.39 is 23.1 Å². The summed E-state index contributed by atoms with van der Waals surface area (Å²) < 4.78 is 59.7. The molecule has 0 N–H and O–H groups in total. The first-order chi connectivity index (χ1) is 13.8. The highest BCUT2D eigenvalue weighted by Crippen LogP contribution is 2.38. The van der Waals surface area contributed by atoms with Crippen molar-refractivity contribution in [3.8, 4) is 23.1 Å². The number of thioether (sulfide) groups is 1. The maximum absolute atomic E-state index is 13.9. The minimum Gasteiger partial charge on any atom is -0.497 e. The Morgan fingerprint density at radius 3 is 2.38 bits per heavy atom. The Hall–Kier alpha value is -3.05. The number of pyridine rings is 1. The fourth-order valence-corrected chi connectivity index (χ4v) is 3.62. The normalized spacial score (nSPS) is 11.2. The highest BCUT2D eigenvalue weighted by Gasteiger charge is 2.36. The van der Waals surface area contributed by atoms with Gasteiger partial charge in [0.25, 0.3) is 0 Å². The Bertz CT molecular complexity index is 1060. The quantitative estimate of drug-likeness (QED) is 0.372. The van der Waals surface area contributed by atoms with Gasteiger partial charge in [-0.2, -0.15) is 18.4 Å². The summed E-state index contributed by atoms with van der Waals surface area (Å²) in [5.74, 6) is 0.117. The number of alkyl halides is 3. The van der Waals surface area contributed by atoms with E-state index in [1.807, 2.05) is 0 Å². The SMILES string of the molecule is COc1ccc(-c2cc(C(F)(F)F)c(C#N)c(SCc3ccccc3F)n2)cc1. The second-order valence-corrected chi connectivity index (χ2v) is 6.92. The summed E-state index contributed by atoms with van der Waals surface area (Å²) in [6.07, 6.45) is -4.73. The van der Waals surface area contributed by atoms with Crippen LogP contribution in [0.25, 0.3) is 11.3 Å². The van der Waals surface area contributed by atoms with Crippen LogP contribution in [0.5, 0.6) is 5.75 Å². The number of rotatable bonds is 5. The van der Waals surface area contributed by atoms with Gasteiger partial charge in [0.15, 0.2) is 0 Å². The Labute approximate surface area is 169 Å². The number of ether oxygens (including phenoxy) is 1. The maximum atomic E-state index is 13.9. The monoisotopic (exact) mass is 418 g/mol. The van der Waals surface area contributed by atoms with E-state index in [1.165, 1.54) is 25.3 Å². The van der Waals surface area contributed by atoms with Crippen LogP contribution >= 0.6 is 11.8 Å². The van der Waals surface area contributed by atoms with Gasteiger partial charge in [-0.05, 0) is 42.0 Å². The molecule has 0 aliphatic rings. The van der Waals surface area contributed by atoms with Crippen molar-refractivity contribution in [3.63, 3.8) is 0 Å². The zero-order valence-electron chi connectivity index (χ0n) is 15.1. The molecule has 3 nitrogen and oxygen atoms in total. The third-order valence-electron chi connectivity index (χ3n) is 4.11. The lowest BCUT2D eigenvalue weighted by Gasteiger charge is -2.14. The molecule has 8 heteroatoms. The predicted molar refractivity (Wildman–Crippen MR) is 102 cm³/mol. The van der Waals surface area contributed by atoms with Gasteiger partial charge in [0.05, 0.1) is 23.9 Å². The minimum absolute atomic E-state index is 0.0394. The molecule has 1 heterocycles. The molecule has 1 aromatic heterocycles. The van der Waals surface area contributed by atoms with E-state index in [4.69, 9.17) is 4.74 Å².